The Labute approximate surface area is 232 Å². The molecule has 0 aliphatic carbocycles. The van der Waals surface area contributed by atoms with Crippen LogP contribution in [0.15, 0.2) is 24.3 Å². The maximum absolute atomic E-state index is 13.1. The summed E-state index contributed by atoms with van der Waals surface area (Å²) in [4.78, 5) is 29.8. The van der Waals surface area contributed by atoms with E-state index in [0.29, 0.717) is 24.2 Å². The van der Waals surface area contributed by atoms with Gasteiger partial charge in [0.1, 0.15) is 6.10 Å². The number of nitrogens with one attached hydrogen (secondary N) is 1. The topological polar surface area (TPSA) is 132 Å². The van der Waals surface area contributed by atoms with Crippen LogP contribution in [0.1, 0.15) is 57.8 Å². The molecule has 1 fully saturated rings. The number of nitrogens with zero attached hydrogens (tertiary/aromatic N) is 2. The number of hydrogen-bond acceptors (Lipinski definition) is 8. The Hall–Kier alpha value is -2.08. The fourth-order valence-corrected chi connectivity index (χ4v) is 6.07. The van der Waals surface area contributed by atoms with Crippen molar-refractivity contribution in [1.29, 1.82) is 0 Å². The van der Waals surface area contributed by atoms with Crippen molar-refractivity contribution in [2.24, 2.45) is 17.8 Å². The van der Waals surface area contributed by atoms with Crippen LogP contribution < -0.4 is 5.32 Å². The van der Waals surface area contributed by atoms with Gasteiger partial charge in [-0.05, 0) is 64.9 Å². The zero-order valence-corrected chi connectivity index (χ0v) is 24.5. The zero-order chi connectivity index (χ0) is 29.2. The van der Waals surface area contributed by atoms with Gasteiger partial charge in [0.25, 0.3) is 5.91 Å². The van der Waals surface area contributed by atoms with Crippen molar-refractivity contribution in [2.45, 2.75) is 89.8 Å². The van der Waals surface area contributed by atoms with Gasteiger partial charge in [-0.2, -0.15) is 0 Å². The first-order valence-electron chi connectivity index (χ1n) is 13.8. The van der Waals surface area contributed by atoms with Crippen molar-refractivity contribution in [1.82, 2.24) is 9.80 Å². The van der Waals surface area contributed by atoms with Crippen molar-refractivity contribution in [3.05, 3.63) is 29.8 Å². The molecule has 0 unspecified atom stereocenters. The molecular formula is C29H47N3O7. The first kappa shape index (κ1) is 31.4. The van der Waals surface area contributed by atoms with E-state index in [-0.39, 0.29) is 30.4 Å². The second-order valence-electron chi connectivity index (χ2n) is 12.2. The summed E-state index contributed by atoms with van der Waals surface area (Å²) in [5, 5.41) is 37.1. The Morgan fingerprint density at radius 1 is 1.13 bits per heavy atom. The van der Waals surface area contributed by atoms with Gasteiger partial charge in [-0.25, -0.2) is 0 Å². The first-order valence-corrected chi connectivity index (χ1v) is 13.8. The second kappa shape index (κ2) is 12.6. The molecule has 220 valence electrons. The monoisotopic (exact) mass is 549 g/mol. The molecule has 39 heavy (non-hydrogen) atoms. The van der Waals surface area contributed by atoms with E-state index >= 15 is 0 Å². The van der Waals surface area contributed by atoms with Crippen molar-refractivity contribution < 1.29 is 34.4 Å². The third-order valence-corrected chi connectivity index (χ3v) is 8.18. The van der Waals surface area contributed by atoms with Gasteiger partial charge in [-0.1, -0.05) is 26.8 Å². The number of rotatable bonds is 3. The fraction of sp³-hybridized carbons (Fsp3) is 0.724. The molecule has 2 bridgehead atoms. The molecular weight excluding hydrogens is 502 g/mol. The number of aliphatic hydroxyl groups is 3. The quantitative estimate of drug-likeness (QED) is 0.450. The summed E-state index contributed by atoms with van der Waals surface area (Å²) in [6.07, 6.45) is -3.55. The predicted octanol–water partition coefficient (Wildman–Crippen LogP) is 1.93. The fourth-order valence-electron chi connectivity index (χ4n) is 6.07. The molecule has 1 aromatic rings. The van der Waals surface area contributed by atoms with E-state index in [0.717, 1.165) is 0 Å². The third kappa shape index (κ3) is 7.36. The van der Waals surface area contributed by atoms with Crippen molar-refractivity contribution in [2.75, 3.05) is 33.0 Å². The number of amides is 2. The number of carbonyl (C=O) groups excluding carboxylic acids is 2. The van der Waals surface area contributed by atoms with E-state index in [9.17, 15) is 24.9 Å². The maximum Gasteiger partial charge on any atom is 0.253 e. The van der Waals surface area contributed by atoms with Crippen molar-refractivity contribution in [3.8, 4) is 0 Å². The summed E-state index contributed by atoms with van der Waals surface area (Å²) >= 11 is 0. The molecule has 0 saturated carbocycles. The van der Waals surface area contributed by atoms with Crippen LogP contribution in [0.5, 0.6) is 0 Å². The molecule has 10 atom stereocenters. The number of fused-ring (bicyclic) bond motifs is 2. The molecule has 2 aliphatic rings. The Morgan fingerprint density at radius 3 is 2.44 bits per heavy atom. The molecule has 1 aromatic carbocycles. The molecule has 2 amide bonds. The zero-order valence-electron chi connectivity index (χ0n) is 24.5. The van der Waals surface area contributed by atoms with Crippen molar-refractivity contribution >= 4 is 17.5 Å². The summed E-state index contributed by atoms with van der Waals surface area (Å²) in [6.45, 7) is 9.19. The van der Waals surface area contributed by atoms with Gasteiger partial charge < -0.3 is 39.9 Å². The van der Waals surface area contributed by atoms with Crippen LogP contribution in [-0.4, -0.2) is 107 Å². The molecule has 0 radical (unpaired) electrons. The highest BCUT2D eigenvalue weighted by atomic mass is 16.7. The van der Waals surface area contributed by atoms with Crippen LogP contribution in [0.4, 0.5) is 5.69 Å². The van der Waals surface area contributed by atoms with Gasteiger partial charge in [0.05, 0.1) is 29.8 Å². The lowest BCUT2D eigenvalue weighted by Gasteiger charge is -2.46. The van der Waals surface area contributed by atoms with Crippen LogP contribution in [0, 0.1) is 17.8 Å². The Bertz CT molecular complexity index is 1000. The SMILES string of the molecule is C[C@H]1CN(C)C(=O)c2cccc(c2)NC(=O)[C@H](C)[C@@H](O)[C@H](C)[C@@H](O[C@@H]2O[C@H](C)C[C@H](N(C)C)[C@H]2O)[C@](C)(O)C1. The highest BCUT2D eigenvalue weighted by Crippen LogP contribution is 2.35. The van der Waals surface area contributed by atoms with E-state index in [4.69, 9.17) is 9.47 Å². The number of carbonyl (C=O) groups is 2. The van der Waals surface area contributed by atoms with Crippen LogP contribution >= 0.6 is 0 Å². The van der Waals surface area contributed by atoms with Gasteiger partial charge in [-0.15, -0.1) is 0 Å². The summed E-state index contributed by atoms with van der Waals surface area (Å²) < 4.78 is 12.4. The number of benzene rings is 1. The molecule has 10 heteroatoms. The lowest BCUT2D eigenvalue weighted by Crippen LogP contribution is -2.59. The molecule has 10 nitrogen and oxygen atoms in total. The average Bonchev–Trinajstić information content (AvgIpc) is 2.85. The highest BCUT2D eigenvalue weighted by Gasteiger charge is 2.47. The minimum atomic E-state index is -1.49. The summed E-state index contributed by atoms with van der Waals surface area (Å²) in [5.41, 5.74) is -0.606. The number of ether oxygens (including phenoxy) is 2. The molecule has 0 aromatic heterocycles. The number of aliphatic hydroxyl groups excluding tert-OH is 2. The number of likely N-dealkylation sites (N-methyl/N-ethyl adjacent to an activating group) is 1. The molecule has 2 heterocycles. The minimum absolute atomic E-state index is 0.138. The summed E-state index contributed by atoms with van der Waals surface area (Å²) in [5.74, 6) is -2.35. The van der Waals surface area contributed by atoms with Gasteiger partial charge in [0, 0.05) is 36.8 Å². The maximum atomic E-state index is 13.1. The molecule has 0 spiro atoms. The molecule has 1 saturated heterocycles. The number of anilines is 1. The van der Waals surface area contributed by atoms with Gasteiger partial charge in [-0.3, -0.25) is 9.59 Å². The normalized spacial score (nSPS) is 39.2. The molecule has 2 aliphatic heterocycles. The van der Waals surface area contributed by atoms with Gasteiger partial charge >= 0.3 is 0 Å². The summed E-state index contributed by atoms with van der Waals surface area (Å²) in [6, 6.07) is 6.49. The Morgan fingerprint density at radius 2 is 1.79 bits per heavy atom. The van der Waals surface area contributed by atoms with Crippen LogP contribution in [0.3, 0.4) is 0 Å². The van der Waals surface area contributed by atoms with Crippen LogP contribution in [0.25, 0.3) is 0 Å². The minimum Gasteiger partial charge on any atom is -0.392 e. The van der Waals surface area contributed by atoms with Crippen LogP contribution in [0.2, 0.25) is 0 Å². The van der Waals surface area contributed by atoms with E-state index in [2.05, 4.69) is 5.32 Å². The smallest absolute Gasteiger partial charge is 0.253 e. The van der Waals surface area contributed by atoms with E-state index in [1.807, 2.05) is 32.8 Å². The van der Waals surface area contributed by atoms with E-state index < -0.39 is 47.9 Å². The predicted molar refractivity (Wildman–Crippen MR) is 148 cm³/mol. The summed E-state index contributed by atoms with van der Waals surface area (Å²) in [7, 11) is 5.46. The lowest BCUT2D eigenvalue weighted by molar-refractivity contribution is -0.299. The highest BCUT2D eigenvalue weighted by molar-refractivity contribution is 5.97. The third-order valence-electron chi connectivity index (χ3n) is 8.18. The van der Waals surface area contributed by atoms with Gasteiger partial charge in [0.15, 0.2) is 6.29 Å². The van der Waals surface area contributed by atoms with Crippen molar-refractivity contribution in [3.63, 3.8) is 0 Å². The Kier molecular flexibility index (Phi) is 10.2. The van der Waals surface area contributed by atoms with E-state index in [1.165, 1.54) is 0 Å². The second-order valence-corrected chi connectivity index (χ2v) is 12.2. The standard InChI is InChI=1S/C29H47N3O7/c1-16-14-29(5,37)25(39-28-24(34)22(31(6)7)12-17(2)38-28)18(3)23(33)19(4)26(35)30-21-11-9-10-20(13-21)27(36)32(8)15-16/h9-11,13,16-19,22-25,28,33-34,37H,12,14-15H2,1-8H3,(H,30,35)/t16-,17-,18+,19-,22+,23+,24-,25-,28+,29-/m1/s1. The largest absolute Gasteiger partial charge is 0.392 e. The lowest BCUT2D eigenvalue weighted by atomic mass is 9.78. The van der Waals surface area contributed by atoms with Gasteiger partial charge in [0.2, 0.25) is 5.91 Å². The molecule has 3 rings (SSSR count). The average molecular weight is 550 g/mol. The number of hydrogen-bond donors (Lipinski definition) is 4. The molecule has 4 N–H and O–H groups in total. The Balaban J connectivity index is 1.98. The van der Waals surface area contributed by atoms with Crippen LogP contribution in [-0.2, 0) is 14.3 Å². The van der Waals surface area contributed by atoms with E-state index in [1.54, 1.807) is 57.0 Å². The first-order chi connectivity index (χ1) is 18.1.